The van der Waals surface area contributed by atoms with Crippen molar-refractivity contribution in [3.8, 4) is 6.07 Å². The van der Waals surface area contributed by atoms with Crippen LogP contribution in [0.2, 0.25) is 0 Å². The van der Waals surface area contributed by atoms with Gasteiger partial charge in [0.1, 0.15) is 12.6 Å². The number of imide groups is 1. The summed E-state index contributed by atoms with van der Waals surface area (Å²) in [5, 5.41) is 8.77. The SMILES string of the molecule is C[C@@H](C(=O)OCc1ccc(C#N)cc1)N1C(=O)[C@H]2CCCC[C@@H]2C1=O. The molecule has 1 aromatic carbocycles. The molecule has 0 radical (unpaired) electrons. The Morgan fingerprint density at radius 1 is 1.20 bits per heavy atom. The first-order valence-corrected chi connectivity index (χ1v) is 8.55. The molecule has 1 aliphatic carbocycles. The molecule has 1 heterocycles. The zero-order chi connectivity index (χ0) is 18.0. The van der Waals surface area contributed by atoms with E-state index in [1.807, 2.05) is 6.07 Å². The summed E-state index contributed by atoms with van der Waals surface area (Å²) in [5.74, 6) is -1.61. The van der Waals surface area contributed by atoms with Gasteiger partial charge in [-0.25, -0.2) is 4.79 Å². The van der Waals surface area contributed by atoms with Crippen LogP contribution in [0.25, 0.3) is 0 Å². The number of nitrogens with zero attached hydrogens (tertiary/aromatic N) is 2. The summed E-state index contributed by atoms with van der Waals surface area (Å²) in [5.41, 5.74) is 1.27. The first-order valence-electron chi connectivity index (χ1n) is 8.55. The molecule has 1 aliphatic heterocycles. The van der Waals surface area contributed by atoms with Gasteiger partial charge in [0.2, 0.25) is 11.8 Å². The second-order valence-corrected chi connectivity index (χ2v) is 6.64. The van der Waals surface area contributed by atoms with Gasteiger partial charge in [0.15, 0.2) is 0 Å². The summed E-state index contributed by atoms with van der Waals surface area (Å²) >= 11 is 0. The predicted molar refractivity (Wildman–Crippen MR) is 87.7 cm³/mol. The number of nitriles is 1. The predicted octanol–water partition coefficient (Wildman–Crippen LogP) is 2.17. The number of rotatable bonds is 4. The van der Waals surface area contributed by atoms with Gasteiger partial charge >= 0.3 is 5.97 Å². The highest BCUT2D eigenvalue weighted by molar-refractivity contribution is 6.07. The average molecular weight is 340 g/mol. The number of benzene rings is 1. The number of carbonyl (C=O) groups is 3. The van der Waals surface area contributed by atoms with Gasteiger partial charge in [0.25, 0.3) is 0 Å². The molecule has 6 heteroatoms. The summed E-state index contributed by atoms with van der Waals surface area (Å²) in [6.45, 7) is 1.58. The van der Waals surface area contributed by atoms with E-state index in [9.17, 15) is 14.4 Å². The number of amides is 2. The van der Waals surface area contributed by atoms with Crippen molar-refractivity contribution in [2.45, 2.75) is 45.3 Å². The number of hydrogen-bond acceptors (Lipinski definition) is 5. The van der Waals surface area contributed by atoms with Crippen LogP contribution >= 0.6 is 0 Å². The molecule has 0 unspecified atom stereocenters. The van der Waals surface area contributed by atoms with E-state index in [1.54, 1.807) is 24.3 Å². The highest BCUT2D eigenvalue weighted by Crippen LogP contribution is 2.38. The fourth-order valence-electron chi connectivity index (χ4n) is 3.63. The van der Waals surface area contributed by atoms with E-state index < -0.39 is 12.0 Å². The molecule has 0 aromatic heterocycles. The largest absolute Gasteiger partial charge is 0.459 e. The van der Waals surface area contributed by atoms with E-state index in [-0.39, 0.29) is 30.3 Å². The van der Waals surface area contributed by atoms with Crippen molar-refractivity contribution in [2.24, 2.45) is 11.8 Å². The molecule has 0 N–H and O–H groups in total. The quantitative estimate of drug-likeness (QED) is 0.619. The van der Waals surface area contributed by atoms with E-state index in [2.05, 4.69) is 0 Å². The third-order valence-electron chi connectivity index (χ3n) is 5.07. The number of likely N-dealkylation sites (tertiary alicyclic amines) is 1. The Morgan fingerprint density at radius 2 is 1.76 bits per heavy atom. The minimum atomic E-state index is -0.913. The summed E-state index contributed by atoms with van der Waals surface area (Å²) in [6.07, 6.45) is 3.34. The van der Waals surface area contributed by atoms with Crippen molar-refractivity contribution in [1.29, 1.82) is 5.26 Å². The Labute approximate surface area is 146 Å². The van der Waals surface area contributed by atoms with Gasteiger partial charge in [0.05, 0.1) is 23.5 Å². The van der Waals surface area contributed by atoms with Crippen molar-refractivity contribution in [2.75, 3.05) is 0 Å². The topological polar surface area (TPSA) is 87.5 Å². The average Bonchev–Trinajstić information content (AvgIpc) is 2.90. The van der Waals surface area contributed by atoms with Crippen molar-refractivity contribution in [3.05, 3.63) is 35.4 Å². The highest BCUT2D eigenvalue weighted by Gasteiger charge is 2.51. The summed E-state index contributed by atoms with van der Waals surface area (Å²) in [7, 11) is 0. The van der Waals surface area contributed by atoms with Crippen LogP contribution in [0.3, 0.4) is 0 Å². The van der Waals surface area contributed by atoms with Crippen molar-refractivity contribution in [3.63, 3.8) is 0 Å². The fourth-order valence-corrected chi connectivity index (χ4v) is 3.63. The Hall–Kier alpha value is -2.68. The molecule has 130 valence electrons. The van der Waals surface area contributed by atoms with Crippen molar-refractivity contribution in [1.82, 2.24) is 4.90 Å². The molecular weight excluding hydrogens is 320 g/mol. The van der Waals surface area contributed by atoms with Gasteiger partial charge in [-0.3, -0.25) is 14.5 Å². The first kappa shape index (κ1) is 17.2. The number of esters is 1. The van der Waals surface area contributed by atoms with Crippen LogP contribution in [0, 0.1) is 23.2 Å². The van der Waals surface area contributed by atoms with Crippen LogP contribution in [-0.2, 0) is 25.7 Å². The second-order valence-electron chi connectivity index (χ2n) is 6.64. The maximum atomic E-state index is 12.5. The minimum Gasteiger partial charge on any atom is -0.459 e. The molecule has 1 saturated carbocycles. The van der Waals surface area contributed by atoms with Gasteiger partial charge in [-0.15, -0.1) is 0 Å². The molecule has 3 rings (SSSR count). The zero-order valence-electron chi connectivity index (χ0n) is 14.1. The van der Waals surface area contributed by atoms with Gasteiger partial charge in [-0.05, 0) is 37.5 Å². The molecule has 2 amide bonds. The van der Waals surface area contributed by atoms with Crippen LogP contribution < -0.4 is 0 Å². The smallest absolute Gasteiger partial charge is 0.329 e. The summed E-state index contributed by atoms with van der Waals surface area (Å²) in [6, 6.07) is 7.80. The molecule has 1 aromatic rings. The van der Waals surface area contributed by atoms with E-state index in [4.69, 9.17) is 10.00 Å². The number of carbonyl (C=O) groups excluding carboxylic acids is 3. The molecule has 2 fully saturated rings. The minimum absolute atomic E-state index is 0.0396. The van der Waals surface area contributed by atoms with Crippen molar-refractivity contribution >= 4 is 17.8 Å². The first-order chi connectivity index (χ1) is 12.0. The molecule has 1 saturated heterocycles. The van der Waals surface area contributed by atoms with Crippen molar-refractivity contribution < 1.29 is 19.1 Å². The van der Waals surface area contributed by atoms with E-state index in [0.29, 0.717) is 5.56 Å². The Balaban J connectivity index is 1.62. The lowest BCUT2D eigenvalue weighted by Gasteiger charge is -2.21. The summed E-state index contributed by atoms with van der Waals surface area (Å²) < 4.78 is 5.26. The van der Waals surface area contributed by atoms with Gasteiger partial charge in [-0.2, -0.15) is 5.26 Å². The third kappa shape index (κ3) is 3.27. The molecular formula is C19H20N2O4. The Bertz CT molecular complexity index is 711. The highest BCUT2D eigenvalue weighted by atomic mass is 16.5. The molecule has 25 heavy (non-hydrogen) atoms. The third-order valence-corrected chi connectivity index (χ3v) is 5.07. The number of ether oxygens (including phenoxy) is 1. The molecule has 3 atom stereocenters. The number of fused-ring (bicyclic) bond motifs is 1. The van der Waals surface area contributed by atoms with Crippen LogP contribution in [0.1, 0.15) is 43.7 Å². The number of hydrogen-bond donors (Lipinski definition) is 0. The lowest BCUT2D eigenvalue weighted by molar-refractivity contribution is -0.159. The van der Waals surface area contributed by atoms with Crippen LogP contribution in [0.5, 0.6) is 0 Å². The Kier molecular flexibility index (Phi) is 4.84. The van der Waals surface area contributed by atoms with Crippen LogP contribution in [0.4, 0.5) is 0 Å². The van der Waals surface area contributed by atoms with Crippen LogP contribution in [-0.4, -0.2) is 28.7 Å². The standard InChI is InChI=1S/C19H20N2O4/c1-12(19(24)25-11-14-8-6-13(10-20)7-9-14)21-17(22)15-4-2-3-5-16(15)18(21)23/h6-9,12,15-16H,2-5,11H2,1H3/t12-,15-,16-/m0/s1. The molecule has 6 nitrogen and oxygen atoms in total. The van der Waals surface area contributed by atoms with E-state index in [1.165, 1.54) is 6.92 Å². The lowest BCUT2D eigenvalue weighted by atomic mass is 9.81. The molecule has 0 bridgehead atoms. The van der Waals surface area contributed by atoms with E-state index in [0.717, 1.165) is 36.1 Å². The molecule has 0 spiro atoms. The fraction of sp³-hybridized carbons (Fsp3) is 0.474. The van der Waals surface area contributed by atoms with E-state index >= 15 is 0 Å². The lowest BCUT2D eigenvalue weighted by Crippen LogP contribution is -2.44. The molecule has 2 aliphatic rings. The Morgan fingerprint density at radius 3 is 2.28 bits per heavy atom. The second kappa shape index (κ2) is 7.06. The van der Waals surface area contributed by atoms with Crippen LogP contribution in [0.15, 0.2) is 24.3 Å². The van der Waals surface area contributed by atoms with Gasteiger partial charge < -0.3 is 4.74 Å². The van der Waals surface area contributed by atoms with Gasteiger partial charge in [-0.1, -0.05) is 25.0 Å². The zero-order valence-corrected chi connectivity index (χ0v) is 14.1. The van der Waals surface area contributed by atoms with Gasteiger partial charge in [0, 0.05) is 0 Å². The maximum Gasteiger partial charge on any atom is 0.329 e. The normalized spacial score (nSPS) is 23.8. The summed E-state index contributed by atoms with van der Waals surface area (Å²) in [4.78, 5) is 38.4. The maximum absolute atomic E-state index is 12.5. The monoisotopic (exact) mass is 340 g/mol.